The number of nitrogens with zero attached hydrogens (tertiary/aromatic N) is 3. The Balaban J connectivity index is 1.28. The van der Waals surface area contributed by atoms with Crippen molar-refractivity contribution in [2.24, 2.45) is 0 Å². The molecular weight excluding hydrogens is 677 g/mol. The highest BCUT2D eigenvalue weighted by Gasteiger charge is 2.27. The van der Waals surface area contributed by atoms with Crippen LogP contribution in [-0.4, -0.2) is 90.8 Å². The molecule has 0 saturated carbocycles. The molecule has 0 bridgehead atoms. The van der Waals surface area contributed by atoms with Crippen molar-refractivity contribution < 1.29 is 23.9 Å². The summed E-state index contributed by atoms with van der Waals surface area (Å²) in [4.78, 5) is 49.3. The van der Waals surface area contributed by atoms with E-state index in [9.17, 15) is 14.4 Å². The molecule has 2 heterocycles. The minimum Gasteiger partial charge on any atom is -0.444 e. The molecule has 1 fully saturated rings. The number of benzene rings is 3. The van der Waals surface area contributed by atoms with Gasteiger partial charge in [-0.15, -0.1) is 11.3 Å². The van der Waals surface area contributed by atoms with Crippen molar-refractivity contribution in [1.29, 1.82) is 0 Å². The van der Waals surface area contributed by atoms with Crippen LogP contribution < -0.4 is 16.0 Å². The van der Waals surface area contributed by atoms with Gasteiger partial charge < -0.3 is 30.3 Å². The second-order valence-electron chi connectivity index (χ2n) is 13.1. The number of morpholine rings is 1. The third kappa shape index (κ3) is 13.4. The first-order valence-electron chi connectivity index (χ1n) is 18.0. The monoisotopic (exact) mass is 726 g/mol. The molecule has 1 aliphatic rings. The van der Waals surface area contributed by atoms with Gasteiger partial charge >= 0.3 is 12.1 Å². The summed E-state index contributed by atoms with van der Waals surface area (Å²) in [7, 11) is 1.74. The molecular formula is C40H50N6O5S. The van der Waals surface area contributed by atoms with Crippen molar-refractivity contribution in [2.45, 2.75) is 63.4 Å². The zero-order valence-corrected chi connectivity index (χ0v) is 30.6. The quantitative estimate of drug-likeness (QED) is 0.125. The Bertz CT molecular complexity index is 1620. The van der Waals surface area contributed by atoms with E-state index < -0.39 is 12.1 Å². The fourth-order valence-corrected chi connectivity index (χ4v) is 6.71. The lowest BCUT2D eigenvalue weighted by molar-refractivity contribution is -0.124. The summed E-state index contributed by atoms with van der Waals surface area (Å²) < 4.78 is 11.0. The van der Waals surface area contributed by atoms with Crippen LogP contribution in [0.25, 0.3) is 0 Å². The Hall–Kier alpha value is -4.78. The SMILES string of the molecule is CN(Cc1ccccc1)C(=O)NC(CCN1CCOCC1)C(=O)NC(CCC(Cc1ccccc1)NC(=O)OCc1cncs1)Cc1ccccc1. The van der Waals surface area contributed by atoms with Gasteiger partial charge in [0.15, 0.2) is 0 Å². The first-order chi connectivity index (χ1) is 25.4. The second-order valence-corrected chi connectivity index (χ2v) is 14.1. The molecule has 3 atom stereocenters. The Labute approximate surface area is 310 Å². The Morgan fingerprint density at radius 3 is 1.96 bits per heavy atom. The van der Waals surface area contributed by atoms with Crippen molar-refractivity contribution >= 4 is 29.4 Å². The van der Waals surface area contributed by atoms with E-state index in [1.54, 1.807) is 23.7 Å². The van der Waals surface area contributed by atoms with Crippen LogP contribution in [0.3, 0.4) is 0 Å². The highest BCUT2D eigenvalue weighted by Crippen LogP contribution is 2.15. The number of hydrogen-bond donors (Lipinski definition) is 3. The summed E-state index contributed by atoms with van der Waals surface area (Å²) in [6.07, 6.45) is 4.03. The third-order valence-corrected chi connectivity index (χ3v) is 9.83. The number of alkyl carbamates (subject to hydrolysis) is 1. The molecule has 4 amide bonds. The zero-order chi connectivity index (χ0) is 36.4. The van der Waals surface area contributed by atoms with Gasteiger partial charge in [0, 0.05) is 51.5 Å². The minimum absolute atomic E-state index is 0.152. The maximum atomic E-state index is 14.2. The van der Waals surface area contributed by atoms with Crippen molar-refractivity contribution in [3.63, 3.8) is 0 Å². The predicted molar refractivity (Wildman–Crippen MR) is 203 cm³/mol. The van der Waals surface area contributed by atoms with E-state index in [2.05, 4.69) is 25.8 Å². The highest BCUT2D eigenvalue weighted by atomic mass is 32.1. The van der Waals surface area contributed by atoms with Gasteiger partial charge in [-0.1, -0.05) is 91.0 Å². The van der Waals surface area contributed by atoms with E-state index in [-0.39, 0.29) is 30.6 Å². The maximum absolute atomic E-state index is 14.2. The van der Waals surface area contributed by atoms with Gasteiger partial charge in [-0.3, -0.25) is 14.7 Å². The summed E-state index contributed by atoms with van der Waals surface area (Å²) in [5.41, 5.74) is 4.88. The molecule has 1 aliphatic heterocycles. The molecule has 5 rings (SSSR count). The fraction of sp³-hybridized carbons (Fsp3) is 0.400. The summed E-state index contributed by atoms with van der Waals surface area (Å²) in [6, 6.07) is 28.3. The molecule has 0 radical (unpaired) electrons. The van der Waals surface area contributed by atoms with Crippen LogP contribution in [0.2, 0.25) is 0 Å². The minimum atomic E-state index is -0.744. The zero-order valence-electron chi connectivity index (χ0n) is 29.8. The molecule has 3 N–H and O–H groups in total. The van der Waals surface area contributed by atoms with Gasteiger partial charge in [0.05, 0.1) is 23.6 Å². The van der Waals surface area contributed by atoms with E-state index in [1.165, 1.54) is 11.3 Å². The van der Waals surface area contributed by atoms with E-state index in [0.29, 0.717) is 58.4 Å². The van der Waals surface area contributed by atoms with E-state index in [4.69, 9.17) is 9.47 Å². The third-order valence-electron chi connectivity index (χ3n) is 9.07. The molecule has 3 aromatic carbocycles. The van der Waals surface area contributed by atoms with Gasteiger partial charge in [-0.2, -0.15) is 0 Å². The maximum Gasteiger partial charge on any atom is 0.407 e. The number of amides is 4. The molecule has 0 spiro atoms. The van der Waals surface area contributed by atoms with E-state index in [0.717, 1.165) is 34.7 Å². The lowest BCUT2D eigenvalue weighted by Crippen LogP contribution is -2.54. The van der Waals surface area contributed by atoms with Crippen LogP contribution in [0.4, 0.5) is 9.59 Å². The number of ether oxygens (including phenoxy) is 2. The first-order valence-corrected chi connectivity index (χ1v) is 18.8. The normalized spacial score (nSPS) is 14.8. The lowest BCUT2D eigenvalue weighted by Gasteiger charge is -2.30. The van der Waals surface area contributed by atoms with Crippen LogP contribution in [-0.2, 0) is 40.3 Å². The molecule has 52 heavy (non-hydrogen) atoms. The van der Waals surface area contributed by atoms with E-state index >= 15 is 0 Å². The standard InChI is InChI=1S/C40H50N6O5S/c1-45(28-33-15-9-4-10-16-33)39(48)44-37(19-20-46-21-23-50-24-22-46)38(47)42-34(25-31-11-5-2-6-12-31)17-18-35(26-32-13-7-3-8-14-32)43-40(49)51-29-36-27-41-30-52-36/h2-16,27,30,34-35,37H,17-26,28-29H2,1H3,(H,42,47)(H,43,49)(H,44,48). The number of nitrogens with one attached hydrogen (secondary N) is 3. The van der Waals surface area contributed by atoms with Crippen LogP contribution in [0.5, 0.6) is 0 Å². The van der Waals surface area contributed by atoms with Crippen molar-refractivity contribution in [1.82, 2.24) is 30.7 Å². The molecule has 12 heteroatoms. The molecule has 276 valence electrons. The Morgan fingerprint density at radius 1 is 0.808 bits per heavy atom. The number of carbonyl (C=O) groups excluding carboxylic acids is 3. The molecule has 1 saturated heterocycles. The average molecular weight is 727 g/mol. The molecule has 11 nitrogen and oxygen atoms in total. The van der Waals surface area contributed by atoms with Gasteiger partial charge in [0.25, 0.3) is 0 Å². The first kappa shape index (κ1) is 38.5. The van der Waals surface area contributed by atoms with Crippen LogP contribution in [0.1, 0.15) is 40.8 Å². The topological polar surface area (TPSA) is 125 Å². The Morgan fingerprint density at radius 2 is 1.38 bits per heavy atom. The number of rotatable bonds is 18. The van der Waals surface area contributed by atoms with Crippen molar-refractivity contribution in [2.75, 3.05) is 39.9 Å². The summed E-state index contributed by atoms with van der Waals surface area (Å²) in [6.45, 7) is 4.10. The Kier molecular flexibility index (Phi) is 15.5. The smallest absolute Gasteiger partial charge is 0.407 e. The number of aromatic nitrogens is 1. The van der Waals surface area contributed by atoms with Gasteiger partial charge in [0.1, 0.15) is 12.6 Å². The fourth-order valence-electron chi connectivity index (χ4n) is 6.20. The van der Waals surface area contributed by atoms with Gasteiger partial charge in [-0.05, 0) is 48.8 Å². The molecule has 4 aromatic rings. The molecule has 0 aliphatic carbocycles. The van der Waals surface area contributed by atoms with Crippen LogP contribution in [0.15, 0.2) is 103 Å². The highest BCUT2D eigenvalue weighted by molar-refractivity contribution is 7.09. The van der Waals surface area contributed by atoms with Crippen molar-refractivity contribution in [3.8, 4) is 0 Å². The second kappa shape index (κ2) is 20.9. The van der Waals surface area contributed by atoms with Crippen LogP contribution >= 0.6 is 11.3 Å². The largest absolute Gasteiger partial charge is 0.444 e. The summed E-state index contributed by atoms with van der Waals surface area (Å²) >= 11 is 1.43. The number of carbonyl (C=O) groups is 3. The molecule has 1 aromatic heterocycles. The van der Waals surface area contributed by atoms with Crippen molar-refractivity contribution in [3.05, 3.63) is 124 Å². The van der Waals surface area contributed by atoms with Gasteiger partial charge in [0.2, 0.25) is 5.91 Å². The summed E-state index contributed by atoms with van der Waals surface area (Å²) in [5, 5.41) is 9.40. The predicted octanol–water partition coefficient (Wildman–Crippen LogP) is 5.42. The number of thiazole rings is 1. The van der Waals surface area contributed by atoms with E-state index in [1.807, 2.05) is 91.0 Å². The average Bonchev–Trinajstić information content (AvgIpc) is 3.70. The molecule has 3 unspecified atom stereocenters. The number of urea groups is 1. The lowest BCUT2D eigenvalue weighted by atomic mass is 9.95. The van der Waals surface area contributed by atoms with Crippen LogP contribution in [0, 0.1) is 0 Å². The summed E-state index contributed by atoms with van der Waals surface area (Å²) in [5.74, 6) is -0.229. The van der Waals surface area contributed by atoms with Gasteiger partial charge in [-0.25, -0.2) is 9.59 Å². The number of hydrogen-bond acceptors (Lipinski definition) is 8.